The maximum atomic E-state index is 13.4. The summed E-state index contributed by atoms with van der Waals surface area (Å²) in [6.45, 7) is 2.93. The molecule has 2 aromatic rings. The third-order valence-corrected chi connectivity index (χ3v) is 5.10. The molecule has 0 saturated heterocycles. The van der Waals surface area contributed by atoms with Gasteiger partial charge in [0.25, 0.3) is 0 Å². The van der Waals surface area contributed by atoms with Crippen LogP contribution in [0.3, 0.4) is 0 Å². The zero-order valence-electron chi connectivity index (χ0n) is 11.6. The van der Waals surface area contributed by atoms with E-state index in [-0.39, 0.29) is 11.2 Å². The van der Waals surface area contributed by atoms with Crippen molar-refractivity contribution >= 4 is 22.6 Å². The minimum atomic E-state index is -0.237. The van der Waals surface area contributed by atoms with Crippen molar-refractivity contribution in [3.8, 4) is 0 Å². The zero-order chi connectivity index (χ0) is 13.9. The first-order chi connectivity index (χ1) is 9.59. The van der Waals surface area contributed by atoms with E-state index < -0.39 is 0 Å². The van der Waals surface area contributed by atoms with Gasteiger partial charge in [0.05, 0.1) is 16.4 Å². The first-order valence-corrected chi connectivity index (χ1v) is 7.82. The number of nitrogens with zero attached hydrogens (tertiary/aromatic N) is 2. The molecular formula is C16H18ClFN2. The van der Waals surface area contributed by atoms with Crippen LogP contribution in [-0.2, 0) is 6.54 Å². The van der Waals surface area contributed by atoms with Crippen molar-refractivity contribution in [2.75, 3.05) is 0 Å². The highest BCUT2D eigenvalue weighted by atomic mass is 35.5. The van der Waals surface area contributed by atoms with Gasteiger partial charge >= 0.3 is 0 Å². The van der Waals surface area contributed by atoms with E-state index in [1.54, 1.807) is 0 Å². The Kier molecular flexibility index (Phi) is 2.65. The normalized spacial score (nSPS) is 22.1. The summed E-state index contributed by atoms with van der Waals surface area (Å²) in [7, 11) is 0. The fourth-order valence-corrected chi connectivity index (χ4v) is 3.62. The minimum Gasteiger partial charge on any atom is -0.326 e. The minimum absolute atomic E-state index is 0.152. The molecule has 2 aliphatic carbocycles. The van der Waals surface area contributed by atoms with E-state index in [4.69, 9.17) is 11.6 Å². The summed E-state index contributed by atoms with van der Waals surface area (Å²) >= 11 is 6.29. The summed E-state index contributed by atoms with van der Waals surface area (Å²) < 4.78 is 15.6. The molecule has 4 rings (SSSR count). The molecule has 4 heteroatoms. The van der Waals surface area contributed by atoms with Crippen LogP contribution in [0.4, 0.5) is 4.39 Å². The van der Waals surface area contributed by atoms with Gasteiger partial charge in [0.1, 0.15) is 11.6 Å². The van der Waals surface area contributed by atoms with Gasteiger partial charge in [-0.2, -0.15) is 0 Å². The van der Waals surface area contributed by atoms with Crippen LogP contribution in [0.25, 0.3) is 11.0 Å². The summed E-state index contributed by atoms with van der Waals surface area (Å²) in [4.78, 5) is 4.56. The monoisotopic (exact) mass is 292 g/mol. The lowest BCUT2D eigenvalue weighted by Gasteiger charge is -2.18. The fourth-order valence-electron chi connectivity index (χ4n) is 3.46. The average molecular weight is 293 g/mol. The first kappa shape index (κ1) is 12.6. The third-order valence-electron chi connectivity index (χ3n) is 4.90. The molecule has 0 spiro atoms. The number of aromatic nitrogens is 2. The van der Waals surface area contributed by atoms with E-state index in [1.165, 1.54) is 37.8 Å². The molecule has 0 N–H and O–H groups in total. The topological polar surface area (TPSA) is 17.8 Å². The van der Waals surface area contributed by atoms with Crippen LogP contribution in [0.5, 0.6) is 0 Å². The predicted octanol–water partition coefficient (Wildman–Crippen LogP) is 4.67. The highest BCUT2D eigenvalue weighted by molar-refractivity contribution is 6.20. The summed E-state index contributed by atoms with van der Waals surface area (Å²) in [6.07, 6.45) is 5.36. The van der Waals surface area contributed by atoms with Gasteiger partial charge in [0.15, 0.2) is 0 Å². The van der Waals surface area contributed by atoms with Crippen LogP contribution < -0.4 is 0 Å². The van der Waals surface area contributed by atoms with Crippen LogP contribution >= 0.6 is 11.6 Å². The molecule has 2 aliphatic rings. The second-order valence-corrected chi connectivity index (χ2v) is 7.10. The standard InChI is InChI=1S/C16H18ClFN2/c1-10(17)15-19-13-8-12(18)4-5-14(13)20(15)9-16(6-7-16)11-2-3-11/h4-5,8,10-11H,2-3,6-7,9H2,1H3. The predicted molar refractivity (Wildman–Crippen MR) is 78.4 cm³/mol. The maximum Gasteiger partial charge on any atom is 0.127 e. The Hall–Kier alpha value is -1.09. The number of alkyl halides is 1. The molecule has 2 saturated carbocycles. The molecule has 2 fully saturated rings. The van der Waals surface area contributed by atoms with Crippen LogP contribution in [0.15, 0.2) is 18.2 Å². The number of benzene rings is 1. The smallest absolute Gasteiger partial charge is 0.127 e. The van der Waals surface area contributed by atoms with E-state index in [0.29, 0.717) is 5.41 Å². The maximum absolute atomic E-state index is 13.4. The highest BCUT2D eigenvalue weighted by Crippen LogP contribution is 2.62. The number of halogens is 2. The highest BCUT2D eigenvalue weighted by Gasteiger charge is 2.54. The lowest BCUT2D eigenvalue weighted by atomic mass is 10.0. The summed E-state index contributed by atoms with van der Waals surface area (Å²) in [6, 6.07) is 4.86. The Bertz CT molecular complexity index is 668. The molecule has 2 nitrogen and oxygen atoms in total. The van der Waals surface area contributed by atoms with Gasteiger partial charge in [-0.15, -0.1) is 11.6 Å². The van der Waals surface area contributed by atoms with Gasteiger partial charge in [-0.1, -0.05) is 0 Å². The summed E-state index contributed by atoms with van der Waals surface area (Å²) in [5, 5.41) is -0.152. The van der Waals surface area contributed by atoms with Crippen LogP contribution in [0, 0.1) is 17.2 Å². The van der Waals surface area contributed by atoms with Crippen molar-refractivity contribution in [1.29, 1.82) is 0 Å². The quantitative estimate of drug-likeness (QED) is 0.749. The number of hydrogen-bond acceptors (Lipinski definition) is 1. The van der Waals surface area contributed by atoms with Crippen LogP contribution in [0.1, 0.15) is 43.8 Å². The molecule has 1 heterocycles. The molecule has 0 radical (unpaired) electrons. The molecule has 0 aliphatic heterocycles. The third kappa shape index (κ3) is 1.95. The van der Waals surface area contributed by atoms with Crippen molar-refractivity contribution in [3.63, 3.8) is 0 Å². The number of imidazole rings is 1. The average Bonchev–Trinajstić information content (AvgIpc) is 3.27. The van der Waals surface area contributed by atoms with Crippen molar-refractivity contribution in [2.45, 2.75) is 44.5 Å². The van der Waals surface area contributed by atoms with Gasteiger partial charge in [0, 0.05) is 12.6 Å². The van der Waals surface area contributed by atoms with E-state index >= 15 is 0 Å². The summed E-state index contributed by atoms with van der Waals surface area (Å²) in [5.41, 5.74) is 2.21. The van der Waals surface area contributed by atoms with Gasteiger partial charge < -0.3 is 4.57 Å². The van der Waals surface area contributed by atoms with Gasteiger partial charge in [-0.05, 0) is 56.1 Å². The van der Waals surface area contributed by atoms with E-state index in [0.717, 1.165) is 29.3 Å². The van der Waals surface area contributed by atoms with E-state index in [9.17, 15) is 4.39 Å². The molecule has 1 unspecified atom stereocenters. The number of fused-ring (bicyclic) bond motifs is 1. The molecule has 0 amide bonds. The van der Waals surface area contributed by atoms with Gasteiger partial charge in [-0.3, -0.25) is 0 Å². The Balaban J connectivity index is 1.81. The summed E-state index contributed by atoms with van der Waals surface area (Å²) in [5.74, 6) is 1.53. The lowest BCUT2D eigenvalue weighted by molar-refractivity contribution is 0.369. The second kappa shape index (κ2) is 4.20. The van der Waals surface area contributed by atoms with Crippen molar-refractivity contribution in [1.82, 2.24) is 9.55 Å². The van der Waals surface area contributed by atoms with Gasteiger partial charge in [0.2, 0.25) is 0 Å². The largest absolute Gasteiger partial charge is 0.326 e. The molecule has 1 atom stereocenters. The zero-order valence-corrected chi connectivity index (χ0v) is 12.3. The Labute approximate surface area is 122 Å². The Morgan fingerprint density at radius 3 is 2.80 bits per heavy atom. The fraction of sp³-hybridized carbons (Fsp3) is 0.562. The van der Waals surface area contributed by atoms with Crippen molar-refractivity contribution in [3.05, 3.63) is 29.8 Å². The van der Waals surface area contributed by atoms with Crippen LogP contribution in [0.2, 0.25) is 0 Å². The Morgan fingerprint density at radius 1 is 1.45 bits per heavy atom. The lowest BCUT2D eigenvalue weighted by Crippen LogP contribution is -2.16. The molecule has 20 heavy (non-hydrogen) atoms. The second-order valence-electron chi connectivity index (χ2n) is 6.44. The van der Waals surface area contributed by atoms with Crippen molar-refractivity contribution in [2.24, 2.45) is 11.3 Å². The molecule has 1 aromatic heterocycles. The number of hydrogen-bond donors (Lipinski definition) is 0. The molecular weight excluding hydrogens is 275 g/mol. The SMILES string of the molecule is CC(Cl)c1nc2cc(F)ccc2n1CC1(C2CC2)CC1. The van der Waals surface area contributed by atoms with Crippen LogP contribution in [-0.4, -0.2) is 9.55 Å². The van der Waals surface area contributed by atoms with Crippen molar-refractivity contribution < 1.29 is 4.39 Å². The van der Waals surface area contributed by atoms with E-state index in [2.05, 4.69) is 9.55 Å². The molecule has 0 bridgehead atoms. The first-order valence-electron chi connectivity index (χ1n) is 7.39. The molecule has 106 valence electrons. The Morgan fingerprint density at radius 2 is 2.20 bits per heavy atom. The van der Waals surface area contributed by atoms with E-state index in [1.807, 2.05) is 13.0 Å². The number of rotatable bonds is 4. The van der Waals surface area contributed by atoms with Gasteiger partial charge in [-0.25, -0.2) is 9.37 Å². The molecule has 1 aromatic carbocycles.